The summed E-state index contributed by atoms with van der Waals surface area (Å²) in [6, 6.07) is 8.18. The van der Waals surface area contributed by atoms with Crippen molar-refractivity contribution in [2.24, 2.45) is 14.1 Å². The SMILES string of the molecule is Cn1c(=O)c2ccc(C(=O)Nc3n[nH]c(-c4ccccn4)n3)nc2n(C)c1=O. The second-order valence-electron chi connectivity index (χ2n) is 5.95. The van der Waals surface area contributed by atoms with Gasteiger partial charge in [-0.1, -0.05) is 6.07 Å². The van der Waals surface area contributed by atoms with Crippen LogP contribution in [0, 0.1) is 0 Å². The number of nitrogens with zero attached hydrogens (tertiary/aromatic N) is 6. The van der Waals surface area contributed by atoms with Gasteiger partial charge < -0.3 is 0 Å². The van der Waals surface area contributed by atoms with Crippen molar-refractivity contribution in [3.05, 3.63) is 63.1 Å². The maximum Gasteiger partial charge on any atom is 0.332 e. The van der Waals surface area contributed by atoms with Gasteiger partial charge in [-0.05, 0) is 24.3 Å². The van der Waals surface area contributed by atoms with E-state index < -0.39 is 17.2 Å². The van der Waals surface area contributed by atoms with Crippen molar-refractivity contribution >= 4 is 22.9 Å². The largest absolute Gasteiger partial charge is 0.332 e. The molecule has 4 aromatic heterocycles. The number of pyridine rings is 2. The molecule has 4 heterocycles. The lowest BCUT2D eigenvalue weighted by molar-refractivity contribution is 0.102. The standard InChI is InChI=1S/C17H14N8O3/c1-24-13-9(15(27)25(2)17(24)28)6-7-11(19-13)14(26)21-16-20-12(22-23-16)10-5-3-4-8-18-10/h3-8H,1-2H3,(H2,20,21,22,23,26). The first-order chi connectivity index (χ1) is 13.5. The molecule has 0 radical (unpaired) electrons. The fourth-order valence-electron chi connectivity index (χ4n) is 2.68. The van der Waals surface area contributed by atoms with Crippen molar-refractivity contribution in [2.45, 2.75) is 0 Å². The summed E-state index contributed by atoms with van der Waals surface area (Å²) in [6.07, 6.45) is 1.61. The van der Waals surface area contributed by atoms with Crippen molar-refractivity contribution in [3.8, 4) is 11.5 Å². The molecule has 0 fully saturated rings. The van der Waals surface area contributed by atoms with Crippen LogP contribution in [0.4, 0.5) is 5.95 Å². The minimum atomic E-state index is -0.582. The summed E-state index contributed by atoms with van der Waals surface area (Å²) in [6.45, 7) is 0. The molecule has 0 aliphatic rings. The van der Waals surface area contributed by atoms with E-state index >= 15 is 0 Å². The van der Waals surface area contributed by atoms with Crippen LogP contribution in [0.3, 0.4) is 0 Å². The predicted octanol–water partition coefficient (Wildman–Crippen LogP) is 0.0646. The van der Waals surface area contributed by atoms with Gasteiger partial charge in [0.05, 0.1) is 5.39 Å². The number of carbonyl (C=O) groups is 1. The Morgan fingerprint density at radius 2 is 1.89 bits per heavy atom. The zero-order chi connectivity index (χ0) is 19.8. The van der Waals surface area contributed by atoms with Gasteiger partial charge >= 0.3 is 5.69 Å². The van der Waals surface area contributed by atoms with E-state index in [9.17, 15) is 14.4 Å². The lowest BCUT2D eigenvalue weighted by atomic mass is 10.2. The van der Waals surface area contributed by atoms with Crippen LogP contribution in [0.1, 0.15) is 10.5 Å². The maximum absolute atomic E-state index is 12.5. The second kappa shape index (κ2) is 6.54. The lowest BCUT2D eigenvalue weighted by Gasteiger charge is -2.07. The highest BCUT2D eigenvalue weighted by atomic mass is 16.2. The number of anilines is 1. The van der Waals surface area contributed by atoms with Crippen LogP contribution in [-0.4, -0.2) is 40.2 Å². The monoisotopic (exact) mass is 378 g/mol. The van der Waals surface area contributed by atoms with Gasteiger partial charge in [-0.25, -0.2) is 9.78 Å². The third kappa shape index (κ3) is 2.84. The van der Waals surface area contributed by atoms with Crippen molar-refractivity contribution in [1.29, 1.82) is 0 Å². The smallest absolute Gasteiger partial charge is 0.288 e. The molecular weight excluding hydrogens is 364 g/mol. The fraction of sp³-hybridized carbons (Fsp3) is 0.118. The Hall–Kier alpha value is -4.15. The van der Waals surface area contributed by atoms with E-state index in [1.54, 1.807) is 24.4 Å². The van der Waals surface area contributed by atoms with Crippen LogP contribution in [0.15, 0.2) is 46.1 Å². The molecule has 0 saturated heterocycles. The third-order valence-electron chi connectivity index (χ3n) is 4.15. The van der Waals surface area contributed by atoms with Gasteiger partial charge in [-0.15, -0.1) is 5.10 Å². The molecule has 0 saturated carbocycles. The molecule has 0 aliphatic carbocycles. The highest BCUT2D eigenvalue weighted by molar-refractivity contribution is 6.02. The Balaban J connectivity index is 1.66. The van der Waals surface area contributed by atoms with Gasteiger partial charge in [-0.3, -0.25) is 34.1 Å². The van der Waals surface area contributed by atoms with Crippen LogP contribution in [-0.2, 0) is 14.1 Å². The molecule has 0 aromatic carbocycles. The van der Waals surface area contributed by atoms with Gasteiger partial charge in [-0.2, -0.15) is 4.98 Å². The number of amides is 1. The molecule has 2 N–H and O–H groups in total. The zero-order valence-corrected chi connectivity index (χ0v) is 14.9. The average molecular weight is 378 g/mol. The van der Waals surface area contributed by atoms with Crippen molar-refractivity contribution in [1.82, 2.24) is 34.3 Å². The quantitative estimate of drug-likeness (QED) is 0.514. The molecule has 11 heteroatoms. The van der Waals surface area contributed by atoms with E-state index in [1.165, 1.54) is 30.8 Å². The minimum Gasteiger partial charge on any atom is -0.288 e. The number of aromatic nitrogens is 7. The molecule has 0 spiro atoms. The number of aryl methyl sites for hydroxylation is 1. The van der Waals surface area contributed by atoms with Gasteiger partial charge in [0.1, 0.15) is 17.0 Å². The highest BCUT2D eigenvalue weighted by Gasteiger charge is 2.16. The van der Waals surface area contributed by atoms with E-state index in [4.69, 9.17) is 0 Å². The summed E-state index contributed by atoms with van der Waals surface area (Å²) in [7, 11) is 2.86. The molecule has 0 unspecified atom stereocenters. The molecule has 0 atom stereocenters. The number of rotatable bonds is 3. The van der Waals surface area contributed by atoms with Crippen LogP contribution in [0.5, 0.6) is 0 Å². The van der Waals surface area contributed by atoms with Gasteiger partial charge in [0.25, 0.3) is 11.5 Å². The fourth-order valence-corrected chi connectivity index (χ4v) is 2.68. The number of nitrogens with one attached hydrogen (secondary N) is 2. The van der Waals surface area contributed by atoms with Gasteiger partial charge in [0.2, 0.25) is 5.95 Å². The minimum absolute atomic E-state index is 0.0138. The number of H-pyrrole nitrogens is 1. The molecule has 0 aliphatic heterocycles. The molecular formula is C17H14N8O3. The molecule has 28 heavy (non-hydrogen) atoms. The number of carbonyl (C=O) groups excluding carboxylic acids is 1. The number of aromatic amines is 1. The third-order valence-corrected chi connectivity index (χ3v) is 4.15. The topological polar surface area (TPSA) is 140 Å². The van der Waals surface area contributed by atoms with Crippen LogP contribution in [0.25, 0.3) is 22.6 Å². The zero-order valence-electron chi connectivity index (χ0n) is 14.9. The summed E-state index contributed by atoms with van der Waals surface area (Å²) in [5, 5.41) is 9.38. The normalized spacial score (nSPS) is 10.9. The predicted molar refractivity (Wildman–Crippen MR) is 99.8 cm³/mol. The lowest BCUT2D eigenvalue weighted by Crippen LogP contribution is -2.37. The first kappa shape index (κ1) is 17.3. The number of hydrogen-bond acceptors (Lipinski definition) is 7. The van der Waals surface area contributed by atoms with Crippen LogP contribution in [0.2, 0.25) is 0 Å². The second-order valence-corrected chi connectivity index (χ2v) is 5.95. The summed E-state index contributed by atoms with van der Waals surface area (Å²) in [5.74, 6) is -0.139. The van der Waals surface area contributed by atoms with Crippen molar-refractivity contribution in [2.75, 3.05) is 5.32 Å². The van der Waals surface area contributed by atoms with Crippen molar-refractivity contribution in [3.63, 3.8) is 0 Å². The first-order valence-electron chi connectivity index (χ1n) is 8.17. The van der Waals surface area contributed by atoms with E-state index in [-0.39, 0.29) is 22.7 Å². The Labute approximate surface area is 156 Å². The Morgan fingerprint density at radius 3 is 2.64 bits per heavy atom. The molecule has 4 rings (SSSR count). The summed E-state index contributed by atoms with van der Waals surface area (Å²) < 4.78 is 2.19. The molecule has 0 bridgehead atoms. The Kier molecular flexibility index (Phi) is 4.03. The van der Waals surface area contributed by atoms with E-state index in [1.807, 2.05) is 0 Å². The van der Waals surface area contributed by atoms with Crippen LogP contribution >= 0.6 is 0 Å². The molecule has 140 valence electrons. The van der Waals surface area contributed by atoms with Crippen molar-refractivity contribution < 1.29 is 4.79 Å². The number of fused-ring (bicyclic) bond motifs is 1. The van der Waals surface area contributed by atoms with Gasteiger partial charge in [0, 0.05) is 20.3 Å². The summed E-state index contributed by atoms with van der Waals surface area (Å²) in [5.41, 5.74) is -0.307. The molecule has 11 nitrogen and oxygen atoms in total. The Morgan fingerprint density at radius 1 is 1.07 bits per heavy atom. The first-order valence-corrected chi connectivity index (χ1v) is 8.17. The summed E-state index contributed by atoms with van der Waals surface area (Å²) >= 11 is 0. The van der Waals surface area contributed by atoms with E-state index in [0.717, 1.165) is 4.57 Å². The highest BCUT2D eigenvalue weighted by Crippen LogP contribution is 2.13. The summed E-state index contributed by atoms with van der Waals surface area (Å²) in [4.78, 5) is 49.2. The van der Waals surface area contributed by atoms with Crippen LogP contribution < -0.4 is 16.6 Å². The Bertz CT molecular complexity index is 1320. The average Bonchev–Trinajstić information content (AvgIpc) is 3.19. The van der Waals surface area contributed by atoms with Gasteiger partial charge in [0.15, 0.2) is 5.82 Å². The van der Waals surface area contributed by atoms with E-state index in [0.29, 0.717) is 11.5 Å². The van der Waals surface area contributed by atoms with E-state index in [2.05, 4.69) is 30.5 Å². The molecule has 1 amide bonds. The number of hydrogen-bond donors (Lipinski definition) is 2. The maximum atomic E-state index is 12.5. The molecule has 4 aromatic rings.